The number of para-hydroxylation sites is 1. The second kappa shape index (κ2) is 6.77. The van der Waals surface area contributed by atoms with Gasteiger partial charge in [0.2, 0.25) is 0 Å². The van der Waals surface area contributed by atoms with Crippen LogP contribution in [0.15, 0.2) is 29.8 Å². The molecular weight excluding hydrogens is 308 g/mol. The molecule has 1 aliphatic carbocycles. The predicted molar refractivity (Wildman–Crippen MR) is 102 cm³/mol. The number of hydrogen-bond acceptors (Lipinski definition) is 3. The third-order valence-corrected chi connectivity index (χ3v) is 6.86. The molecule has 0 spiro atoms. The molecule has 0 amide bonds. The van der Waals surface area contributed by atoms with Gasteiger partial charge in [-0.15, -0.1) is 0 Å². The van der Waals surface area contributed by atoms with Gasteiger partial charge in [0.15, 0.2) is 0 Å². The van der Waals surface area contributed by atoms with E-state index in [1.807, 2.05) is 0 Å². The highest BCUT2D eigenvalue weighted by molar-refractivity contribution is 5.75. The second-order valence-electron chi connectivity index (χ2n) is 8.54. The summed E-state index contributed by atoms with van der Waals surface area (Å²) in [5.74, 6) is 3.05. The van der Waals surface area contributed by atoms with E-state index in [0.717, 1.165) is 30.7 Å². The summed E-state index contributed by atoms with van der Waals surface area (Å²) >= 11 is 0. The first kappa shape index (κ1) is 15.9. The van der Waals surface area contributed by atoms with Gasteiger partial charge in [0.1, 0.15) is 12.4 Å². The summed E-state index contributed by atoms with van der Waals surface area (Å²) in [4.78, 5) is 5.43. The molecule has 3 fully saturated rings. The molecule has 3 nitrogen and oxygen atoms in total. The maximum atomic E-state index is 5.99. The number of nitrogens with zero attached hydrogens (tertiary/aromatic N) is 2. The minimum atomic E-state index is 0.788. The first-order valence-corrected chi connectivity index (χ1v) is 10.2. The molecule has 6 rings (SSSR count). The maximum absolute atomic E-state index is 5.99. The van der Waals surface area contributed by atoms with Gasteiger partial charge >= 0.3 is 0 Å². The molecular formula is C22H30N2O. The molecule has 134 valence electrons. The van der Waals surface area contributed by atoms with Gasteiger partial charge in [-0.3, -0.25) is 4.90 Å². The highest BCUT2D eigenvalue weighted by Gasteiger charge is 2.30. The first-order valence-electron chi connectivity index (χ1n) is 10.2. The largest absolute Gasteiger partial charge is 0.489 e. The van der Waals surface area contributed by atoms with E-state index < -0.39 is 0 Å². The molecule has 0 unspecified atom stereocenters. The van der Waals surface area contributed by atoms with Crippen molar-refractivity contribution in [3.05, 3.63) is 35.4 Å². The van der Waals surface area contributed by atoms with Crippen molar-refractivity contribution in [3.63, 3.8) is 0 Å². The van der Waals surface area contributed by atoms with Gasteiger partial charge in [-0.25, -0.2) is 0 Å². The summed E-state index contributed by atoms with van der Waals surface area (Å²) in [7, 11) is 0. The fourth-order valence-corrected chi connectivity index (χ4v) is 5.41. The Labute approximate surface area is 151 Å². The van der Waals surface area contributed by atoms with E-state index in [0.29, 0.717) is 0 Å². The van der Waals surface area contributed by atoms with Gasteiger partial charge < -0.3 is 9.64 Å². The fraction of sp³-hybridized carbons (Fsp3) is 0.636. The Bertz CT molecular complexity index is 646. The van der Waals surface area contributed by atoms with E-state index in [2.05, 4.69) is 34.1 Å². The summed E-state index contributed by atoms with van der Waals surface area (Å²) in [6.45, 7) is 8.28. The van der Waals surface area contributed by atoms with Crippen molar-refractivity contribution >= 4 is 5.57 Å². The van der Waals surface area contributed by atoms with Crippen LogP contribution in [0.1, 0.15) is 37.7 Å². The van der Waals surface area contributed by atoms with Crippen molar-refractivity contribution in [2.75, 3.05) is 45.9 Å². The number of fused-ring (bicyclic) bond motifs is 6. The van der Waals surface area contributed by atoms with E-state index in [-0.39, 0.29) is 0 Å². The zero-order valence-electron chi connectivity index (χ0n) is 15.3. The molecule has 3 heteroatoms. The first-order chi connectivity index (χ1) is 12.3. The van der Waals surface area contributed by atoms with E-state index in [1.54, 1.807) is 5.57 Å². The lowest BCUT2D eigenvalue weighted by molar-refractivity contribution is 0.194. The molecule has 2 bridgehead atoms. The van der Waals surface area contributed by atoms with Crippen LogP contribution in [0.25, 0.3) is 5.57 Å². The van der Waals surface area contributed by atoms with Crippen LogP contribution in [-0.4, -0.2) is 55.7 Å². The molecule has 1 aromatic rings. The Morgan fingerprint density at radius 1 is 0.920 bits per heavy atom. The topological polar surface area (TPSA) is 15.7 Å². The van der Waals surface area contributed by atoms with Crippen LogP contribution < -0.4 is 4.74 Å². The van der Waals surface area contributed by atoms with Crippen LogP contribution in [-0.2, 0) is 0 Å². The quantitative estimate of drug-likeness (QED) is 0.836. The van der Waals surface area contributed by atoms with E-state index >= 15 is 0 Å². The minimum Gasteiger partial charge on any atom is -0.489 e. The van der Waals surface area contributed by atoms with Crippen LogP contribution >= 0.6 is 0 Å². The SMILES string of the molecule is c1ccc2c(c1)OCC1=C2CCN(CCN2CC3CCC(CC3)C2)C1. The molecule has 2 saturated heterocycles. The van der Waals surface area contributed by atoms with Crippen molar-refractivity contribution in [2.45, 2.75) is 32.1 Å². The van der Waals surface area contributed by atoms with Crippen LogP contribution in [0.2, 0.25) is 0 Å². The molecule has 1 aromatic carbocycles. The third kappa shape index (κ3) is 3.24. The zero-order valence-corrected chi connectivity index (χ0v) is 15.3. The molecule has 4 aliphatic heterocycles. The Kier molecular flexibility index (Phi) is 4.31. The second-order valence-corrected chi connectivity index (χ2v) is 8.54. The van der Waals surface area contributed by atoms with Crippen molar-refractivity contribution in [3.8, 4) is 5.75 Å². The van der Waals surface area contributed by atoms with Crippen molar-refractivity contribution in [1.82, 2.24) is 9.80 Å². The Morgan fingerprint density at radius 3 is 2.44 bits per heavy atom. The minimum absolute atomic E-state index is 0.788. The Hall–Kier alpha value is -1.32. The van der Waals surface area contributed by atoms with Crippen LogP contribution in [0, 0.1) is 11.8 Å². The van der Waals surface area contributed by atoms with E-state index in [9.17, 15) is 0 Å². The lowest BCUT2D eigenvalue weighted by atomic mass is 9.84. The molecule has 1 saturated carbocycles. The number of ether oxygens (including phenoxy) is 1. The Morgan fingerprint density at radius 2 is 1.64 bits per heavy atom. The summed E-state index contributed by atoms with van der Waals surface area (Å²) in [6.07, 6.45) is 7.12. The monoisotopic (exact) mass is 338 g/mol. The molecule has 0 radical (unpaired) electrons. The lowest BCUT2D eigenvalue weighted by Gasteiger charge is -2.35. The smallest absolute Gasteiger partial charge is 0.127 e. The molecule has 0 atom stereocenters. The lowest BCUT2D eigenvalue weighted by Crippen LogP contribution is -2.41. The normalized spacial score (nSPS) is 29.8. The molecule has 0 aromatic heterocycles. The third-order valence-electron chi connectivity index (χ3n) is 6.86. The summed E-state index contributed by atoms with van der Waals surface area (Å²) < 4.78 is 5.99. The van der Waals surface area contributed by atoms with Gasteiger partial charge in [-0.05, 0) is 61.2 Å². The molecule has 25 heavy (non-hydrogen) atoms. The highest BCUT2D eigenvalue weighted by Crippen LogP contribution is 2.37. The fourth-order valence-electron chi connectivity index (χ4n) is 5.41. The highest BCUT2D eigenvalue weighted by atomic mass is 16.5. The van der Waals surface area contributed by atoms with Crippen molar-refractivity contribution in [1.29, 1.82) is 0 Å². The standard InChI is InChI=1S/C22H30N2O/c1-2-4-22-21(3-1)20-9-10-23(15-19(20)16-25-22)11-12-24-13-17-5-6-18(14-24)8-7-17/h1-4,17-18H,5-16H2. The van der Waals surface area contributed by atoms with Gasteiger partial charge in [-0.1, -0.05) is 18.2 Å². The average molecular weight is 338 g/mol. The van der Waals surface area contributed by atoms with Gasteiger partial charge in [0.05, 0.1) is 0 Å². The van der Waals surface area contributed by atoms with Crippen LogP contribution in [0.5, 0.6) is 5.75 Å². The maximum Gasteiger partial charge on any atom is 0.127 e. The number of hydrogen-bond donors (Lipinski definition) is 0. The van der Waals surface area contributed by atoms with E-state index in [1.165, 1.54) is 76.0 Å². The van der Waals surface area contributed by atoms with Crippen molar-refractivity contribution in [2.24, 2.45) is 11.8 Å². The number of rotatable bonds is 3. The summed E-state index contributed by atoms with van der Waals surface area (Å²) in [5, 5.41) is 0. The molecule has 5 aliphatic rings. The number of benzene rings is 1. The van der Waals surface area contributed by atoms with E-state index in [4.69, 9.17) is 4.74 Å². The van der Waals surface area contributed by atoms with Crippen LogP contribution in [0.4, 0.5) is 0 Å². The van der Waals surface area contributed by atoms with Crippen molar-refractivity contribution < 1.29 is 4.74 Å². The van der Waals surface area contributed by atoms with Gasteiger partial charge in [-0.2, -0.15) is 0 Å². The van der Waals surface area contributed by atoms with Crippen LogP contribution in [0.3, 0.4) is 0 Å². The summed E-state index contributed by atoms with van der Waals surface area (Å²) in [6, 6.07) is 8.55. The summed E-state index contributed by atoms with van der Waals surface area (Å²) in [5.41, 5.74) is 4.42. The average Bonchev–Trinajstić information content (AvgIpc) is 2.99. The Balaban J connectivity index is 1.21. The molecule has 4 heterocycles. The predicted octanol–water partition coefficient (Wildman–Crippen LogP) is 3.66. The zero-order chi connectivity index (χ0) is 16.6. The van der Waals surface area contributed by atoms with Gasteiger partial charge in [0, 0.05) is 44.8 Å². The molecule has 0 N–H and O–H groups in total. The van der Waals surface area contributed by atoms with Gasteiger partial charge in [0.25, 0.3) is 0 Å².